The van der Waals surface area contributed by atoms with E-state index in [0.717, 1.165) is 11.8 Å². The van der Waals surface area contributed by atoms with Crippen LogP contribution in [0.25, 0.3) is 0 Å². The molecule has 19 heavy (non-hydrogen) atoms. The van der Waals surface area contributed by atoms with E-state index in [1.54, 1.807) is 19.1 Å². The standard InChI is InChI=1S/C16H24BrFO/c1-14-10-9-11-15(16(14)18)19-13-8-6-4-2-3-5-7-12-17/h9-11H,2-8,12-13H2,1H3. The number of alkyl halides is 1. The Balaban J connectivity index is 2.03. The largest absolute Gasteiger partial charge is 0.491 e. The maximum Gasteiger partial charge on any atom is 0.167 e. The summed E-state index contributed by atoms with van der Waals surface area (Å²) in [6.45, 7) is 2.37. The van der Waals surface area contributed by atoms with Crippen LogP contribution in [0.1, 0.15) is 50.5 Å². The number of benzene rings is 1. The topological polar surface area (TPSA) is 9.23 Å². The third-order valence-electron chi connectivity index (χ3n) is 3.19. The SMILES string of the molecule is Cc1cccc(OCCCCCCCCCBr)c1F. The van der Waals surface area contributed by atoms with Gasteiger partial charge in [-0.15, -0.1) is 0 Å². The molecule has 0 amide bonds. The summed E-state index contributed by atoms with van der Waals surface area (Å²) in [4.78, 5) is 0. The molecule has 108 valence electrons. The fourth-order valence-corrected chi connectivity index (χ4v) is 2.39. The van der Waals surface area contributed by atoms with Crippen LogP contribution in [0.2, 0.25) is 0 Å². The summed E-state index contributed by atoms with van der Waals surface area (Å²) in [5.74, 6) is 0.162. The summed E-state index contributed by atoms with van der Waals surface area (Å²) < 4.78 is 19.1. The lowest BCUT2D eigenvalue weighted by atomic mass is 10.1. The number of aryl methyl sites for hydroxylation is 1. The third kappa shape index (κ3) is 6.95. The maximum atomic E-state index is 13.6. The summed E-state index contributed by atoms with van der Waals surface area (Å²) in [6.07, 6.45) is 8.63. The summed E-state index contributed by atoms with van der Waals surface area (Å²) in [7, 11) is 0. The van der Waals surface area contributed by atoms with E-state index in [1.807, 2.05) is 6.07 Å². The Labute approximate surface area is 124 Å². The molecule has 0 saturated heterocycles. The first-order valence-electron chi connectivity index (χ1n) is 7.19. The van der Waals surface area contributed by atoms with E-state index in [0.29, 0.717) is 17.9 Å². The molecular weight excluding hydrogens is 307 g/mol. The molecule has 0 unspecified atom stereocenters. The Morgan fingerprint density at radius 1 is 1.00 bits per heavy atom. The van der Waals surface area contributed by atoms with Gasteiger partial charge in [-0.05, 0) is 31.4 Å². The van der Waals surface area contributed by atoms with Crippen LogP contribution in [0.4, 0.5) is 4.39 Å². The second kappa shape index (κ2) is 10.2. The second-order valence-corrected chi connectivity index (χ2v) is 5.69. The molecule has 0 aliphatic carbocycles. The highest BCUT2D eigenvalue weighted by molar-refractivity contribution is 9.09. The fourth-order valence-electron chi connectivity index (χ4n) is 1.99. The van der Waals surface area contributed by atoms with Crippen LogP contribution in [-0.4, -0.2) is 11.9 Å². The lowest BCUT2D eigenvalue weighted by Crippen LogP contribution is -2.00. The lowest BCUT2D eigenvalue weighted by Gasteiger charge is -2.08. The Hall–Kier alpha value is -0.570. The summed E-state index contributed by atoms with van der Waals surface area (Å²) in [5.41, 5.74) is 0.643. The van der Waals surface area contributed by atoms with Crippen LogP contribution in [0.3, 0.4) is 0 Å². The Morgan fingerprint density at radius 3 is 2.32 bits per heavy atom. The maximum absolute atomic E-state index is 13.6. The van der Waals surface area contributed by atoms with Gasteiger partial charge in [0.1, 0.15) is 0 Å². The minimum Gasteiger partial charge on any atom is -0.491 e. The van der Waals surface area contributed by atoms with Gasteiger partial charge in [0.2, 0.25) is 0 Å². The number of hydrogen-bond acceptors (Lipinski definition) is 1. The Morgan fingerprint density at radius 2 is 1.63 bits per heavy atom. The number of halogens is 2. The lowest BCUT2D eigenvalue weighted by molar-refractivity contribution is 0.289. The number of rotatable bonds is 10. The van der Waals surface area contributed by atoms with Crippen molar-refractivity contribution in [3.8, 4) is 5.75 Å². The van der Waals surface area contributed by atoms with Crippen LogP contribution in [0.15, 0.2) is 18.2 Å². The molecule has 0 radical (unpaired) electrons. The van der Waals surface area contributed by atoms with Crippen molar-refractivity contribution in [3.63, 3.8) is 0 Å². The fraction of sp³-hybridized carbons (Fsp3) is 0.625. The molecule has 1 nitrogen and oxygen atoms in total. The molecule has 0 aromatic heterocycles. The first kappa shape index (κ1) is 16.5. The quantitative estimate of drug-likeness (QED) is 0.398. The summed E-state index contributed by atoms with van der Waals surface area (Å²) in [5, 5.41) is 1.11. The van der Waals surface area contributed by atoms with Crippen molar-refractivity contribution in [2.75, 3.05) is 11.9 Å². The van der Waals surface area contributed by atoms with E-state index < -0.39 is 0 Å². The van der Waals surface area contributed by atoms with Crippen LogP contribution in [-0.2, 0) is 0 Å². The summed E-state index contributed by atoms with van der Waals surface area (Å²) in [6, 6.07) is 5.29. The van der Waals surface area contributed by atoms with E-state index in [1.165, 1.54) is 38.5 Å². The molecule has 0 atom stereocenters. The first-order valence-corrected chi connectivity index (χ1v) is 8.31. The van der Waals surface area contributed by atoms with Gasteiger partial charge >= 0.3 is 0 Å². The van der Waals surface area contributed by atoms with Crippen LogP contribution >= 0.6 is 15.9 Å². The van der Waals surface area contributed by atoms with Crippen LogP contribution in [0, 0.1) is 12.7 Å². The van der Waals surface area contributed by atoms with Gasteiger partial charge in [-0.1, -0.05) is 60.2 Å². The molecule has 0 heterocycles. The normalized spacial score (nSPS) is 10.7. The molecule has 1 aromatic rings. The molecule has 1 aromatic carbocycles. The minimum atomic E-state index is -0.225. The van der Waals surface area contributed by atoms with Gasteiger partial charge in [0.05, 0.1) is 6.61 Å². The molecule has 0 saturated carbocycles. The van der Waals surface area contributed by atoms with E-state index in [2.05, 4.69) is 15.9 Å². The monoisotopic (exact) mass is 330 g/mol. The van der Waals surface area contributed by atoms with Gasteiger partial charge in [0, 0.05) is 5.33 Å². The van der Waals surface area contributed by atoms with Gasteiger partial charge in [0.25, 0.3) is 0 Å². The third-order valence-corrected chi connectivity index (χ3v) is 3.75. The van der Waals surface area contributed by atoms with Crippen molar-refractivity contribution >= 4 is 15.9 Å². The highest BCUT2D eigenvalue weighted by atomic mass is 79.9. The zero-order valence-corrected chi connectivity index (χ0v) is 13.3. The highest BCUT2D eigenvalue weighted by Gasteiger charge is 2.04. The number of ether oxygens (including phenoxy) is 1. The van der Waals surface area contributed by atoms with E-state index in [-0.39, 0.29) is 5.82 Å². The van der Waals surface area contributed by atoms with Crippen molar-refractivity contribution < 1.29 is 9.13 Å². The van der Waals surface area contributed by atoms with E-state index >= 15 is 0 Å². The predicted molar refractivity (Wildman–Crippen MR) is 82.7 cm³/mol. The average molecular weight is 331 g/mol. The Kier molecular flexibility index (Phi) is 8.89. The molecule has 0 bridgehead atoms. The van der Waals surface area contributed by atoms with Gasteiger partial charge in [-0.3, -0.25) is 0 Å². The second-order valence-electron chi connectivity index (χ2n) is 4.90. The predicted octanol–water partition coefficient (Wildman–Crippen LogP) is 5.64. The van der Waals surface area contributed by atoms with Gasteiger partial charge < -0.3 is 4.74 Å². The molecule has 0 spiro atoms. The zero-order chi connectivity index (χ0) is 13.9. The highest BCUT2D eigenvalue weighted by Crippen LogP contribution is 2.20. The smallest absolute Gasteiger partial charge is 0.167 e. The number of unbranched alkanes of at least 4 members (excludes halogenated alkanes) is 6. The molecule has 0 fully saturated rings. The van der Waals surface area contributed by atoms with Crippen LogP contribution < -0.4 is 4.74 Å². The van der Waals surface area contributed by atoms with Gasteiger partial charge in [-0.2, -0.15) is 0 Å². The molecular formula is C16H24BrFO. The van der Waals surface area contributed by atoms with Crippen molar-refractivity contribution in [2.24, 2.45) is 0 Å². The van der Waals surface area contributed by atoms with Gasteiger partial charge in [0.15, 0.2) is 11.6 Å². The van der Waals surface area contributed by atoms with Crippen molar-refractivity contribution in [2.45, 2.75) is 51.9 Å². The van der Waals surface area contributed by atoms with Gasteiger partial charge in [-0.25, -0.2) is 4.39 Å². The minimum absolute atomic E-state index is 0.225. The number of hydrogen-bond donors (Lipinski definition) is 0. The zero-order valence-electron chi connectivity index (χ0n) is 11.8. The first-order chi connectivity index (χ1) is 9.25. The molecule has 1 rings (SSSR count). The van der Waals surface area contributed by atoms with E-state index in [4.69, 9.17) is 4.74 Å². The van der Waals surface area contributed by atoms with Crippen molar-refractivity contribution in [3.05, 3.63) is 29.6 Å². The molecule has 3 heteroatoms. The van der Waals surface area contributed by atoms with Crippen molar-refractivity contribution in [1.29, 1.82) is 0 Å². The molecule has 0 aliphatic heterocycles. The van der Waals surface area contributed by atoms with E-state index in [9.17, 15) is 4.39 Å². The molecule has 0 aliphatic rings. The van der Waals surface area contributed by atoms with Crippen LogP contribution in [0.5, 0.6) is 5.75 Å². The average Bonchev–Trinajstić information content (AvgIpc) is 2.41. The van der Waals surface area contributed by atoms with Crippen molar-refractivity contribution in [1.82, 2.24) is 0 Å². The Bertz CT molecular complexity index is 355. The molecule has 0 N–H and O–H groups in total. The summed E-state index contributed by atoms with van der Waals surface area (Å²) >= 11 is 3.44.